The number of benzene rings is 3. The van der Waals surface area contributed by atoms with Crippen molar-refractivity contribution >= 4 is 34.1 Å². The predicted octanol–water partition coefficient (Wildman–Crippen LogP) is 7.31. The van der Waals surface area contributed by atoms with Crippen LogP contribution in [0.5, 0.6) is 0 Å². The molecule has 0 atom stereocenters. The number of aryl methyl sites for hydroxylation is 1. The number of aromatic nitrogens is 3. The van der Waals surface area contributed by atoms with Gasteiger partial charge in [0.05, 0.1) is 17.1 Å². The maximum absolute atomic E-state index is 13.3. The van der Waals surface area contributed by atoms with Gasteiger partial charge in [0.15, 0.2) is 0 Å². The minimum absolute atomic E-state index is 0.178. The van der Waals surface area contributed by atoms with Gasteiger partial charge in [-0.1, -0.05) is 74.6 Å². The van der Waals surface area contributed by atoms with Gasteiger partial charge in [0.1, 0.15) is 11.6 Å². The number of rotatable bonds is 5. The fourth-order valence-corrected chi connectivity index (χ4v) is 4.47. The number of amides is 2. The maximum atomic E-state index is 13.3. The standard InChI is InChI=1S/C34H34N6O/c1-23-13-16-26(17-14-23)40-32(22-30(39-40)34(2,3)4)38-33(41)37-29-18-15-25(27-11-6-7-12-28(27)29)10-8-9-24-19-20-36-31(21-24)35-5/h6-7,11-22H,9H2,1-5H3,(H,35,36)(H2,37,38,41). The predicted molar refractivity (Wildman–Crippen MR) is 168 cm³/mol. The first kappa shape index (κ1) is 27.5. The first-order valence-corrected chi connectivity index (χ1v) is 13.6. The van der Waals surface area contributed by atoms with E-state index in [1.165, 1.54) is 0 Å². The van der Waals surface area contributed by atoms with Crippen molar-refractivity contribution in [3.63, 3.8) is 0 Å². The molecule has 0 aliphatic heterocycles. The van der Waals surface area contributed by atoms with Crippen molar-refractivity contribution in [3.05, 3.63) is 107 Å². The highest BCUT2D eigenvalue weighted by atomic mass is 16.2. The lowest BCUT2D eigenvalue weighted by Crippen LogP contribution is -2.21. The number of hydrogen-bond donors (Lipinski definition) is 3. The molecule has 0 saturated heterocycles. The minimum Gasteiger partial charge on any atom is -0.373 e. The van der Waals surface area contributed by atoms with Crippen LogP contribution in [-0.4, -0.2) is 27.8 Å². The maximum Gasteiger partial charge on any atom is 0.324 e. The summed E-state index contributed by atoms with van der Waals surface area (Å²) in [5, 5.41) is 15.8. The lowest BCUT2D eigenvalue weighted by atomic mass is 9.92. The van der Waals surface area contributed by atoms with Crippen LogP contribution in [0.2, 0.25) is 0 Å². The molecule has 206 valence electrons. The number of fused-ring (bicyclic) bond motifs is 1. The van der Waals surface area contributed by atoms with Crippen LogP contribution in [0.25, 0.3) is 16.5 Å². The molecule has 5 aromatic rings. The zero-order valence-electron chi connectivity index (χ0n) is 24.0. The molecule has 3 N–H and O–H groups in total. The van der Waals surface area contributed by atoms with Gasteiger partial charge in [0.25, 0.3) is 0 Å². The molecule has 2 amide bonds. The van der Waals surface area contributed by atoms with Gasteiger partial charge in [-0.3, -0.25) is 5.32 Å². The Balaban J connectivity index is 1.39. The summed E-state index contributed by atoms with van der Waals surface area (Å²) >= 11 is 0. The summed E-state index contributed by atoms with van der Waals surface area (Å²) in [5.74, 6) is 8.01. The van der Waals surface area contributed by atoms with Gasteiger partial charge in [-0.05, 0) is 54.3 Å². The van der Waals surface area contributed by atoms with Crippen molar-refractivity contribution in [2.24, 2.45) is 0 Å². The highest BCUT2D eigenvalue weighted by molar-refractivity contribution is 6.07. The number of urea groups is 1. The van der Waals surface area contributed by atoms with E-state index in [2.05, 4.69) is 53.5 Å². The van der Waals surface area contributed by atoms with E-state index in [9.17, 15) is 4.79 Å². The first-order valence-electron chi connectivity index (χ1n) is 13.6. The number of nitrogens with zero attached hydrogens (tertiary/aromatic N) is 3. The van der Waals surface area contributed by atoms with Crippen molar-refractivity contribution in [1.29, 1.82) is 0 Å². The van der Waals surface area contributed by atoms with Gasteiger partial charge < -0.3 is 10.6 Å². The zero-order chi connectivity index (χ0) is 29.0. The lowest BCUT2D eigenvalue weighted by Gasteiger charge is -2.14. The zero-order valence-corrected chi connectivity index (χ0v) is 24.0. The van der Waals surface area contributed by atoms with Crippen LogP contribution in [0.4, 0.5) is 22.1 Å². The first-order chi connectivity index (χ1) is 19.7. The molecule has 7 nitrogen and oxygen atoms in total. The van der Waals surface area contributed by atoms with Crippen molar-refractivity contribution in [1.82, 2.24) is 14.8 Å². The molecule has 0 bridgehead atoms. The lowest BCUT2D eigenvalue weighted by molar-refractivity contribution is 0.262. The van der Waals surface area contributed by atoms with Crippen LogP contribution in [0.1, 0.15) is 43.2 Å². The molecule has 3 aromatic carbocycles. The van der Waals surface area contributed by atoms with Crippen molar-refractivity contribution in [2.45, 2.75) is 39.5 Å². The normalized spacial score (nSPS) is 11.0. The largest absolute Gasteiger partial charge is 0.373 e. The average Bonchev–Trinajstić information content (AvgIpc) is 3.39. The Hall–Kier alpha value is -5.09. The Morgan fingerprint density at radius 1 is 0.927 bits per heavy atom. The second kappa shape index (κ2) is 11.6. The molecular formula is C34H34N6O. The fraction of sp³-hybridized carbons (Fsp3) is 0.206. The summed E-state index contributed by atoms with van der Waals surface area (Å²) in [4.78, 5) is 17.5. The molecule has 7 heteroatoms. The average molecular weight is 543 g/mol. The van der Waals surface area contributed by atoms with Gasteiger partial charge in [-0.2, -0.15) is 5.10 Å². The van der Waals surface area contributed by atoms with E-state index in [0.717, 1.165) is 44.7 Å². The number of hydrogen-bond acceptors (Lipinski definition) is 4. The van der Waals surface area contributed by atoms with Gasteiger partial charge in [0, 0.05) is 42.1 Å². The number of carbonyl (C=O) groups is 1. The van der Waals surface area contributed by atoms with E-state index in [0.29, 0.717) is 17.9 Å². The molecular weight excluding hydrogens is 508 g/mol. The van der Waals surface area contributed by atoms with Crippen LogP contribution in [-0.2, 0) is 11.8 Å². The second-order valence-corrected chi connectivity index (χ2v) is 11.0. The number of anilines is 3. The quantitative estimate of drug-likeness (QED) is 0.203. The second-order valence-electron chi connectivity index (χ2n) is 11.0. The third-order valence-electron chi connectivity index (χ3n) is 6.77. The molecule has 0 aliphatic carbocycles. The summed E-state index contributed by atoms with van der Waals surface area (Å²) in [6, 6.07) is 25.4. The van der Waals surface area contributed by atoms with E-state index < -0.39 is 0 Å². The Kier molecular flexibility index (Phi) is 7.75. The molecule has 0 spiro atoms. The third kappa shape index (κ3) is 6.39. The molecule has 0 fully saturated rings. The summed E-state index contributed by atoms with van der Waals surface area (Å²) in [6.07, 6.45) is 2.39. The SMILES string of the molecule is CNc1cc(CC#Cc2ccc(NC(=O)Nc3cc(C(C)(C)C)nn3-c3ccc(C)cc3)c3ccccc23)ccn1. The fourth-order valence-electron chi connectivity index (χ4n) is 4.47. The van der Waals surface area contributed by atoms with E-state index in [1.54, 1.807) is 10.9 Å². The van der Waals surface area contributed by atoms with Crippen LogP contribution in [0.3, 0.4) is 0 Å². The molecule has 2 heterocycles. The van der Waals surface area contributed by atoms with Gasteiger partial charge in [-0.25, -0.2) is 14.5 Å². The van der Waals surface area contributed by atoms with Crippen LogP contribution >= 0.6 is 0 Å². The summed E-state index contributed by atoms with van der Waals surface area (Å²) in [7, 11) is 1.85. The number of carbonyl (C=O) groups excluding carboxylic acids is 1. The summed E-state index contributed by atoms with van der Waals surface area (Å²) in [6.45, 7) is 8.35. The molecule has 5 rings (SSSR count). The molecule has 2 aromatic heterocycles. The van der Waals surface area contributed by atoms with Gasteiger partial charge in [0.2, 0.25) is 0 Å². The van der Waals surface area contributed by atoms with Crippen LogP contribution in [0.15, 0.2) is 85.1 Å². The van der Waals surface area contributed by atoms with Crippen molar-refractivity contribution in [2.75, 3.05) is 23.0 Å². The van der Waals surface area contributed by atoms with E-state index in [4.69, 9.17) is 5.10 Å². The Morgan fingerprint density at radius 2 is 1.68 bits per heavy atom. The smallest absolute Gasteiger partial charge is 0.324 e. The molecule has 0 aliphatic rings. The Morgan fingerprint density at radius 3 is 2.41 bits per heavy atom. The highest BCUT2D eigenvalue weighted by Crippen LogP contribution is 2.29. The van der Waals surface area contributed by atoms with E-state index >= 15 is 0 Å². The van der Waals surface area contributed by atoms with Crippen molar-refractivity contribution < 1.29 is 4.79 Å². The summed E-state index contributed by atoms with van der Waals surface area (Å²) in [5.41, 5.74) is 5.44. The summed E-state index contributed by atoms with van der Waals surface area (Å²) < 4.78 is 1.78. The Bertz CT molecular complexity index is 1770. The molecule has 41 heavy (non-hydrogen) atoms. The van der Waals surface area contributed by atoms with E-state index in [1.807, 2.05) is 92.8 Å². The number of nitrogens with one attached hydrogen (secondary N) is 3. The number of pyridine rings is 1. The Labute approximate surface area is 241 Å². The van der Waals surface area contributed by atoms with Crippen LogP contribution in [0, 0.1) is 18.8 Å². The monoisotopic (exact) mass is 542 g/mol. The topological polar surface area (TPSA) is 83.9 Å². The molecule has 0 saturated carbocycles. The molecule has 0 radical (unpaired) electrons. The highest BCUT2D eigenvalue weighted by Gasteiger charge is 2.22. The van der Waals surface area contributed by atoms with E-state index in [-0.39, 0.29) is 11.4 Å². The van der Waals surface area contributed by atoms with Gasteiger partial charge in [-0.15, -0.1) is 0 Å². The molecule has 0 unspecified atom stereocenters. The third-order valence-corrected chi connectivity index (χ3v) is 6.77. The van der Waals surface area contributed by atoms with Crippen molar-refractivity contribution in [3.8, 4) is 17.5 Å². The minimum atomic E-state index is -0.347. The van der Waals surface area contributed by atoms with Crippen LogP contribution < -0.4 is 16.0 Å². The van der Waals surface area contributed by atoms with Gasteiger partial charge >= 0.3 is 6.03 Å².